The molecule has 0 unspecified atom stereocenters. The molecule has 1 saturated heterocycles. The van der Waals surface area contributed by atoms with Gasteiger partial charge in [-0.2, -0.15) is 4.98 Å². The molecule has 10 nitrogen and oxygen atoms in total. The first-order valence-corrected chi connectivity index (χ1v) is 15.4. The van der Waals surface area contributed by atoms with Gasteiger partial charge in [-0.15, -0.1) is 0 Å². The number of amides is 1. The van der Waals surface area contributed by atoms with Gasteiger partial charge >= 0.3 is 11.7 Å². The van der Waals surface area contributed by atoms with Crippen molar-refractivity contribution in [3.63, 3.8) is 0 Å². The SMILES string of the molecule is COc1cc(C=C2SC(=S)N(c3cccc(F)c3)C2=O)ccc1Oc1nc2c(c(=O)n(C)c(=O)n2C)n1Cc1ccc(Cl)cc1Cl. The Morgan fingerprint density at radius 1 is 1.00 bits per heavy atom. The lowest BCUT2D eigenvalue weighted by Crippen LogP contribution is -2.37. The number of aryl methyl sites for hydroxylation is 1. The molecule has 0 radical (unpaired) electrons. The number of carbonyl (C=O) groups excluding carboxylic acids is 1. The van der Waals surface area contributed by atoms with Crippen molar-refractivity contribution >= 4 is 80.3 Å². The third kappa shape index (κ3) is 5.71. The number of hydrogen-bond donors (Lipinski definition) is 0. The fraction of sp³-hybridized carbons (Fsp3) is 0.129. The van der Waals surface area contributed by atoms with Crippen molar-refractivity contribution in [1.29, 1.82) is 0 Å². The molecule has 0 bridgehead atoms. The van der Waals surface area contributed by atoms with Crippen molar-refractivity contribution in [3.05, 3.63) is 113 Å². The zero-order valence-corrected chi connectivity index (χ0v) is 27.4. The Kier molecular flexibility index (Phi) is 8.51. The third-order valence-corrected chi connectivity index (χ3v) is 9.09. The molecule has 6 rings (SSSR count). The number of halogens is 3. The molecule has 3 heterocycles. The third-order valence-electron chi connectivity index (χ3n) is 7.20. The van der Waals surface area contributed by atoms with Gasteiger partial charge in [0.25, 0.3) is 11.5 Å². The van der Waals surface area contributed by atoms with Crippen LogP contribution in [-0.4, -0.2) is 36.0 Å². The number of rotatable bonds is 7. The second-order valence-electron chi connectivity index (χ2n) is 10.1. The number of hydrogen-bond acceptors (Lipinski definition) is 8. The monoisotopic (exact) mass is 697 g/mol. The van der Waals surface area contributed by atoms with E-state index in [1.54, 1.807) is 48.5 Å². The summed E-state index contributed by atoms with van der Waals surface area (Å²) in [6, 6.07) is 15.6. The molecule has 0 aliphatic carbocycles. The van der Waals surface area contributed by atoms with Gasteiger partial charge in [0, 0.05) is 24.1 Å². The Labute approximate surface area is 280 Å². The van der Waals surface area contributed by atoms with E-state index in [0.29, 0.717) is 37.5 Å². The summed E-state index contributed by atoms with van der Waals surface area (Å²) in [4.78, 5) is 45.3. The number of thioether (sulfide) groups is 1. The number of nitrogens with zero attached hydrogens (tertiary/aromatic N) is 5. The summed E-state index contributed by atoms with van der Waals surface area (Å²) >= 11 is 19.1. The fourth-order valence-corrected chi connectivity index (χ4v) is 6.65. The number of benzene rings is 3. The highest BCUT2D eigenvalue weighted by Gasteiger charge is 2.33. The van der Waals surface area contributed by atoms with Crippen LogP contribution in [0.4, 0.5) is 10.1 Å². The van der Waals surface area contributed by atoms with E-state index >= 15 is 0 Å². The van der Waals surface area contributed by atoms with E-state index in [4.69, 9.17) is 44.9 Å². The molecule has 1 aliphatic heterocycles. The number of carbonyl (C=O) groups is 1. The highest BCUT2D eigenvalue weighted by Crippen LogP contribution is 2.38. The van der Waals surface area contributed by atoms with Crippen LogP contribution < -0.4 is 25.6 Å². The summed E-state index contributed by atoms with van der Waals surface area (Å²) in [6.07, 6.45) is 1.64. The number of methoxy groups -OCH3 is 1. The topological polar surface area (TPSA) is 101 Å². The Morgan fingerprint density at radius 3 is 2.50 bits per heavy atom. The fourth-order valence-electron chi connectivity index (χ4n) is 4.88. The van der Waals surface area contributed by atoms with Crippen LogP contribution in [0, 0.1) is 5.82 Å². The average molecular weight is 699 g/mol. The molecule has 46 heavy (non-hydrogen) atoms. The first-order chi connectivity index (χ1) is 22.0. The first kappa shape index (κ1) is 31.5. The molecule has 0 atom stereocenters. The van der Waals surface area contributed by atoms with Crippen molar-refractivity contribution < 1.29 is 18.7 Å². The van der Waals surface area contributed by atoms with Crippen LogP contribution in [0.15, 0.2) is 75.2 Å². The molecule has 0 spiro atoms. The Hall–Kier alpha value is -4.43. The van der Waals surface area contributed by atoms with E-state index in [1.807, 2.05) is 0 Å². The van der Waals surface area contributed by atoms with Crippen molar-refractivity contribution in [2.45, 2.75) is 6.54 Å². The molecule has 3 aromatic carbocycles. The number of fused-ring (bicyclic) bond motifs is 1. The lowest BCUT2D eigenvalue weighted by molar-refractivity contribution is -0.113. The van der Waals surface area contributed by atoms with Gasteiger partial charge in [0.1, 0.15) is 5.82 Å². The Morgan fingerprint density at radius 2 is 1.78 bits per heavy atom. The second-order valence-corrected chi connectivity index (χ2v) is 12.6. The van der Waals surface area contributed by atoms with E-state index in [2.05, 4.69) is 4.98 Å². The maximum Gasteiger partial charge on any atom is 0.332 e. The normalized spacial score (nSPS) is 14.1. The quantitative estimate of drug-likeness (QED) is 0.148. The van der Waals surface area contributed by atoms with Crippen LogP contribution in [0.1, 0.15) is 11.1 Å². The zero-order valence-electron chi connectivity index (χ0n) is 24.3. The molecule has 1 amide bonds. The summed E-state index contributed by atoms with van der Waals surface area (Å²) in [6.45, 7) is 0.0723. The van der Waals surface area contributed by atoms with E-state index in [9.17, 15) is 18.8 Å². The van der Waals surface area contributed by atoms with Crippen molar-refractivity contribution in [3.8, 4) is 17.5 Å². The van der Waals surface area contributed by atoms with Gasteiger partial charge < -0.3 is 9.47 Å². The number of anilines is 1. The number of thiocarbonyl (C=S) groups is 1. The molecule has 5 aromatic rings. The highest BCUT2D eigenvalue weighted by atomic mass is 35.5. The van der Waals surface area contributed by atoms with Crippen LogP contribution in [-0.2, 0) is 25.4 Å². The van der Waals surface area contributed by atoms with Gasteiger partial charge in [-0.1, -0.05) is 65.4 Å². The second kappa shape index (κ2) is 12.4. The van der Waals surface area contributed by atoms with Crippen molar-refractivity contribution in [2.24, 2.45) is 14.1 Å². The predicted molar refractivity (Wildman–Crippen MR) is 181 cm³/mol. The minimum absolute atomic E-state index is 0.00123. The van der Waals surface area contributed by atoms with Gasteiger partial charge in [-0.3, -0.25) is 28.2 Å². The predicted octanol–water partition coefficient (Wildman–Crippen LogP) is 6.13. The molecule has 1 aliphatic rings. The average Bonchev–Trinajstić information content (AvgIpc) is 3.52. The maximum absolute atomic E-state index is 13.8. The van der Waals surface area contributed by atoms with Crippen molar-refractivity contribution in [2.75, 3.05) is 12.0 Å². The van der Waals surface area contributed by atoms with E-state index in [1.165, 1.54) is 53.4 Å². The lowest BCUT2D eigenvalue weighted by Gasteiger charge is -2.14. The van der Waals surface area contributed by atoms with E-state index in [0.717, 1.165) is 16.3 Å². The van der Waals surface area contributed by atoms with Gasteiger partial charge in [0.05, 0.1) is 24.2 Å². The van der Waals surface area contributed by atoms with Gasteiger partial charge in [-0.05, 0) is 59.7 Å². The highest BCUT2D eigenvalue weighted by molar-refractivity contribution is 8.27. The van der Waals surface area contributed by atoms with E-state index < -0.39 is 17.1 Å². The molecule has 0 N–H and O–H groups in total. The first-order valence-electron chi connectivity index (χ1n) is 13.5. The summed E-state index contributed by atoms with van der Waals surface area (Å²) in [5.41, 5.74) is 0.685. The Bertz CT molecular complexity index is 2250. The molecule has 0 saturated carbocycles. The summed E-state index contributed by atoms with van der Waals surface area (Å²) < 4.78 is 29.7. The van der Waals surface area contributed by atoms with Gasteiger partial charge in [0.15, 0.2) is 27.0 Å². The zero-order chi connectivity index (χ0) is 32.9. The molecule has 1 fully saturated rings. The molecule has 234 valence electrons. The smallest absolute Gasteiger partial charge is 0.332 e. The van der Waals surface area contributed by atoms with Gasteiger partial charge in [-0.25, -0.2) is 9.18 Å². The summed E-state index contributed by atoms with van der Waals surface area (Å²) in [5, 5.41) is 0.812. The minimum atomic E-state index is -0.566. The number of ether oxygens (including phenoxy) is 2. The summed E-state index contributed by atoms with van der Waals surface area (Å²) in [7, 11) is 4.34. The van der Waals surface area contributed by atoms with Crippen LogP contribution in [0.2, 0.25) is 10.0 Å². The van der Waals surface area contributed by atoms with Crippen LogP contribution in [0.5, 0.6) is 17.5 Å². The molecule has 2 aromatic heterocycles. The maximum atomic E-state index is 13.8. The molecular weight excluding hydrogens is 676 g/mol. The minimum Gasteiger partial charge on any atom is -0.493 e. The van der Waals surface area contributed by atoms with Gasteiger partial charge in [0.2, 0.25) is 0 Å². The number of aromatic nitrogens is 4. The number of imidazole rings is 1. The van der Waals surface area contributed by atoms with E-state index in [-0.39, 0.29) is 39.7 Å². The Balaban J connectivity index is 1.38. The lowest BCUT2D eigenvalue weighted by atomic mass is 10.2. The van der Waals surface area contributed by atoms with Crippen LogP contribution >= 0.6 is 47.2 Å². The molecular formula is C31H22Cl2FN5O5S2. The summed E-state index contributed by atoms with van der Waals surface area (Å²) in [5.74, 6) is -0.336. The standard InChI is InChI=1S/C31H22Cl2FN5O5S2/c1-36-26-25(28(41)37(2)30(36)42)38(15-17-8-9-18(32)13-21(17)33)29(35-26)44-22-10-7-16(11-23(22)43-3)12-24-27(40)39(31(45)46-24)20-6-4-5-19(34)14-20/h4-14H,15H2,1-3H3. The largest absolute Gasteiger partial charge is 0.493 e. The van der Waals surface area contributed by atoms with Crippen LogP contribution in [0.3, 0.4) is 0 Å². The van der Waals surface area contributed by atoms with Crippen molar-refractivity contribution in [1.82, 2.24) is 18.7 Å². The van der Waals surface area contributed by atoms with Crippen LogP contribution in [0.25, 0.3) is 17.2 Å². The molecule has 15 heteroatoms.